The molecule has 0 fully saturated rings. The summed E-state index contributed by atoms with van der Waals surface area (Å²) in [6.07, 6.45) is 0.956. The Morgan fingerprint density at radius 3 is 2.75 bits per heavy atom. The Hall–Kier alpha value is -2.24. The normalized spacial score (nSPS) is 10.8. The largest absolute Gasteiger partial charge is 0.352 e. The minimum absolute atomic E-state index is 0.101. The summed E-state index contributed by atoms with van der Waals surface area (Å²) in [5.74, 6) is 1.11. The highest BCUT2D eigenvalue weighted by atomic mass is 16.1. The van der Waals surface area contributed by atoms with Crippen LogP contribution in [0.2, 0.25) is 0 Å². The lowest BCUT2D eigenvalue weighted by molar-refractivity contribution is 0.0952. The molecule has 2 rings (SSSR count). The van der Waals surface area contributed by atoms with Crippen LogP contribution in [0.3, 0.4) is 0 Å². The van der Waals surface area contributed by atoms with Crippen LogP contribution in [0, 0.1) is 12.8 Å². The molecule has 0 spiro atoms. The van der Waals surface area contributed by atoms with Gasteiger partial charge in [0.05, 0.1) is 11.3 Å². The first-order valence-corrected chi connectivity index (χ1v) is 6.72. The number of hydrogen-bond donors (Lipinski definition) is 1. The second-order valence-corrected chi connectivity index (χ2v) is 5.09. The number of carbonyl (C=O) groups is 1. The van der Waals surface area contributed by atoms with Gasteiger partial charge in [0.1, 0.15) is 0 Å². The number of amides is 1. The number of nitrogens with zero attached hydrogens (tertiary/aromatic N) is 4. The van der Waals surface area contributed by atoms with Crippen LogP contribution >= 0.6 is 0 Å². The van der Waals surface area contributed by atoms with Crippen molar-refractivity contribution in [3.05, 3.63) is 35.7 Å². The molecule has 1 amide bonds. The summed E-state index contributed by atoms with van der Waals surface area (Å²) >= 11 is 0. The monoisotopic (exact) mass is 273 g/mol. The van der Waals surface area contributed by atoms with Gasteiger partial charge in [-0.05, 0) is 41.8 Å². The van der Waals surface area contributed by atoms with Gasteiger partial charge in [-0.3, -0.25) is 4.79 Å². The minimum atomic E-state index is -0.101. The highest BCUT2D eigenvalue weighted by Crippen LogP contribution is 2.14. The molecule has 0 radical (unpaired) electrons. The van der Waals surface area contributed by atoms with Gasteiger partial charge in [0.25, 0.3) is 5.91 Å². The van der Waals surface area contributed by atoms with E-state index in [4.69, 9.17) is 0 Å². The molecule has 0 saturated heterocycles. The lowest BCUT2D eigenvalue weighted by Gasteiger charge is -2.11. The van der Waals surface area contributed by atoms with Gasteiger partial charge in [0.2, 0.25) is 0 Å². The zero-order valence-corrected chi connectivity index (χ0v) is 12.0. The number of nitrogens with one attached hydrogen (secondary N) is 1. The summed E-state index contributed by atoms with van der Waals surface area (Å²) in [6, 6.07) is 7.31. The maximum Gasteiger partial charge on any atom is 0.253 e. The summed E-state index contributed by atoms with van der Waals surface area (Å²) < 4.78 is 1.57. The molecule has 2 aromatic rings. The molecule has 0 aliphatic rings. The van der Waals surface area contributed by atoms with Crippen molar-refractivity contribution >= 4 is 5.91 Å². The number of para-hydroxylation sites is 1. The van der Waals surface area contributed by atoms with Crippen LogP contribution < -0.4 is 5.32 Å². The van der Waals surface area contributed by atoms with Gasteiger partial charge in [0.15, 0.2) is 5.82 Å². The topological polar surface area (TPSA) is 72.7 Å². The molecule has 20 heavy (non-hydrogen) atoms. The molecule has 0 unspecified atom stereocenters. The van der Waals surface area contributed by atoms with Crippen molar-refractivity contribution in [1.82, 2.24) is 25.5 Å². The molecule has 0 saturated carbocycles. The summed E-state index contributed by atoms with van der Waals surface area (Å²) in [5, 5.41) is 14.3. The van der Waals surface area contributed by atoms with Gasteiger partial charge >= 0.3 is 0 Å². The van der Waals surface area contributed by atoms with E-state index >= 15 is 0 Å². The van der Waals surface area contributed by atoms with Crippen molar-refractivity contribution in [3.63, 3.8) is 0 Å². The third-order valence-electron chi connectivity index (χ3n) is 3.01. The average molecular weight is 273 g/mol. The van der Waals surface area contributed by atoms with Crippen LogP contribution in [-0.4, -0.2) is 32.7 Å². The fourth-order valence-electron chi connectivity index (χ4n) is 1.87. The molecule has 1 aromatic heterocycles. The number of rotatable bonds is 5. The van der Waals surface area contributed by atoms with Crippen molar-refractivity contribution in [2.75, 3.05) is 6.54 Å². The molecule has 6 nitrogen and oxygen atoms in total. The summed E-state index contributed by atoms with van der Waals surface area (Å²) in [5.41, 5.74) is 1.27. The van der Waals surface area contributed by atoms with Crippen molar-refractivity contribution < 1.29 is 4.79 Å². The van der Waals surface area contributed by atoms with Crippen LogP contribution in [0.4, 0.5) is 0 Å². The molecule has 0 bridgehead atoms. The fourth-order valence-corrected chi connectivity index (χ4v) is 1.87. The van der Waals surface area contributed by atoms with Gasteiger partial charge in [-0.2, -0.15) is 4.68 Å². The Labute approximate surface area is 118 Å². The first kappa shape index (κ1) is 14.2. The Morgan fingerprint density at radius 1 is 1.35 bits per heavy atom. The van der Waals surface area contributed by atoms with Crippen molar-refractivity contribution in [2.45, 2.75) is 27.2 Å². The van der Waals surface area contributed by atoms with E-state index in [0.29, 0.717) is 29.5 Å². The maximum absolute atomic E-state index is 12.3. The molecule has 1 aromatic carbocycles. The van der Waals surface area contributed by atoms with E-state index in [1.165, 1.54) is 0 Å². The van der Waals surface area contributed by atoms with E-state index in [1.54, 1.807) is 17.7 Å². The Morgan fingerprint density at radius 2 is 2.10 bits per heavy atom. The quantitative estimate of drug-likeness (QED) is 0.900. The van der Waals surface area contributed by atoms with Crippen LogP contribution in [-0.2, 0) is 0 Å². The van der Waals surface area contributed by atoms with Crippen LogP contribution in [0.5, 0.6) is 0 Å². The number of carbonyl (C=O) groups excluding carboxylic acids is 1. The molecule has 1 heterocycles. The van der Waals surface area contributed by atoms with E-state index in [9.17, 15) is 4.79 Å². The average Bonchev–Trinajstić information content (AvgIpc) is 2.84. The molecule has 6 heteroatoms. The van der Waals surface area contributed by atoms with E-state index < -0.39 is 0 Å². The predicted octanol–water partition coefficient (Wildman–Crippen LogP) is 1.75. The molecule has 0 aliphatic heterocycles. The molecule has 1 N–H and O–H groups in total. The lowest BCUT2D eigenvalue weighted by Crippen LogP contribution is -2.26. The SMILES string of the molecule is Cc1nnnn1-c1ccccc1C(=O)NCCC(C)C. The second-order valence-electron chi connectivity index (χ2n) is 5.09. The number of benzene rings is 1. The lowest BCUT2D eigenvalue weighted by atomic mass is 10.1. The zero-order valence-electron chi connectivity index (χ0n) is 12.0. The van der Waals surface area contributed by atoms with E-state index in [-0.39, 0.29) is 5.91 Å². The third kappa shape index (κ3) is 3.20. The van der Waals surface area contributed by atoms with Crippen LogP contribution in [0.25, 0.3) is 5.69 Å². The summed E-state index contributed by atoms with van der Waals surface area (Å²) in [4.78, 5) is 12.3. The Bertz CT molecular complexity index is 591. The number of hydrogen-bond acceptors (Lipinski definition) is 4. The predicted molar refractivity (Wildman–Crippen MR) is 75.7 cm³/mol. The Kier molecular flexibility index (Phi) is 4.45. The van der Waals surface area contributed by atoms with Crippen molar-refractivity contribution in [3.8, 4) is 5.69 Å². The van der Waals surface area contributed by atoms with Gasteiger partial charge in [-0.1, -0.05) is 26.0 Å². The summed E-state index contributed by atoms with van der Waals surface area (Å²) in [7, 11) is 0. The van der Waals surface area contributed by atoms with Crippen LogP contribution in [0.15, 0.2) is 24.3 Å². The first-order chi connectivity index (χ1) is 9.59. The third-order valence-corrected chi connectivity index (χ3v) is 3.01. The van der Waals surface area contributed by atoms with E-state index in [0.717, 1.165) is 6.42 Å². The fraction of sp³-hybridized carbons (Fsp3) is 0.429. The van der Waals surface area contributed by atoms with Crippen LogP contribution in [0.1, 0.15) is 36.5 Å². The number of aromatic nitrogens is 4. The highest BCUT2D eigenvalue weighted by molar-refractivity contribution is 5.97. The van der Waals surface area contributed by atoms with E-state index in [1.807, 2.05) is 18.2 Å². The summed E-state index contributed by atoms with van der Waals surface area (Å²) in [6.45, 7) is 6.72. The van der Waals surface area contributed by atoms with Gasteiger partial charge in [-0.15, -0.1) is 5.10 Å². The minimum Gasteiger partial charge on any atom is -0.352 e. The molecular formula is C14H19N5O. The smallest absolute Gasteiger partial charge is 0.253 e. The highest BCUT2D eigenvalue weighted by Gasteiger charge is 2.14. The Balaban J connectivity index is 2.20. The molecule has 0 atom stereocenters. The maximum atomic E-state index is 12.3. The van der Waals surface area contributed by atoms with Gasteiger partial charge < -0.3 is 5.32 Å². The molecule has 0 aliphatic carbocycles. The standard InChI is InChI=1S/C14H19N5O/c1-10(2)8-9-15-14(20)12-6-4-5-7-13(12)19-11(3)16-17-18-19/h4-7,10H,8-9H2,1-3H3,(H,15,20). The second kappa shape index (κ2) is 6.27. The van der Waals surface area contributed by atoms with Gasteiger partial charge in [-0.25, -0.2) is 0 Å². The van der Waals surface area contributed by atoms with Crippen molar-refractivity contribution in [2.24, 2.45) is 5.92 Å². The molecular weight excluding hydrogens is 254 g/mol. The zero-order chi connectivity index (χ0) is 14.5. The number of tetrazole rings is 1. The number of aryl methyl sites for hydroxylation is 1. The van der Waals surface area contributed by atoms with Crippen molar-refractivity contribution in [1.29, 1.82) is 0 Å². The first-order valence-electron chi connectivity index (χ1n) is 6.72. The van der Waals surface area contributed by atoms with Gasteiger partial charge in [0, 0.05) is 6.54 Å². The molecule has 106 valence electrons. The van der Waals surface area contributed by atoms with E-state index in [2.05, 4.69) is 34.7 Å².